The summed E-state index contributed by atoms with van der Waals surface area (Å²) in [5.74, 6) is -0.228. The molecular weight excluding hydrogens is 384 g/mol. The number of nitrogens with zero attached hydrogens (tertiary/aromatic N) is 4. The van der Waals surface area contributed by atoms with Gasteiger partial charge in [-0.1, -0.05) is 0 Å². The van der Waals surface area contributed by atoms with E-state index in [0.717, 1.165) is 62.5 Å². The van der Waals surface area contributed by atoms with Crippen LogP contribution in [0.1, 0.15) is 12.0 Å². The minimum absolute atomic E-state index is 0.228. The van der Waals surface area contributed by atoms with Gasteiger partial charge in [-0.05, 0) is 55.4 Å². The summed E-state index contributed by atoms with van der Waals surface area (Å²) in [4.78, 5) is 8.75. The highest BCUT2D eigenvalue weighted by atomic mass is 19.4. The average molecular weight is 406 g/mol. The highest BCUT2D eigenvalue weighted by Crippen LogP contribution is 2.31. The third kappa shape index (κ3) is 4.53. The van der Waals surface area contributed by atoms with Gasteiger partial charge in [0.05, 0.1) is 22.9 Å². The van der Waals surface area contributed by atoms with Gasteiger partial charge < -0.3 is 9.47 Å². The fourth-order valence-corrected chi connectivity index (χ4v) is 3.76. The van der Waals surface area contributed by atoms with Crippen molar-refractivity contribution in [2.24, 2.45) is 0 Å². The molecule has 2 aromatic carbocycles. The number of rotatable bonds is 5. The Labute approximate surface area is 166 Å². The first-order valence-electron chi connectivity index (χ1n) is 9.65. The number of hydrogen-bond donors (Lipinski definition) is 0. The van der Waals surface area contributed by atoms with Crippen molar-refractivity contribution in [3.63, 3.8) is 0 Å². The summed E-state index contributed by atoms with van der Waals surface area (Å²) in [6.07, 6.45) is -1.85. The van der Waals surface area contributed by atoms with Gasteiger partial charge in [0.1, 0.15) is 5.82 Å². The lowest BCUT2D eigenvalue weighted by Gasteiger charge is -2.36. The normalized spacial score (nSPS) is 15.9. The average Bonchev–Trinajstić information content (AvgIpc) is 3.11. The van der Waals surface area contributed by atoms with Crippen molar-refractivity contribution in [3.8, 4) is 0 Å². The lowest BCUT2D eigenvalue weighted by molar-refractivity contribution is -0.137. The Hall–Kier alpha value is -2.61. The van der Waals surface area contributed by atoms with Crippen molar-refractivity contribution in [2.45, 2.75) is 19.1 Å². The largest absolute Gasteiger partial charge is 0.416 e. The quantitative estimate of drug-likeness (QED) is 0.587. The fourth-order valence-electron chi connectivity index (χ4n) is 3.76. The number of alkyl halides is 3. The Morgan fingerprint density at radius 3 is 2.31 bits per heavy atom. The molecule has 1 aliphatic rings. The summed E-state index contributed by atoms with van der Waals surface area (Å²) in [5, 5.41) is 0. The molecule has 4 nitrogen and oxygen atoms in total. The van der Waals surface area contributed by atoms with Crippen LogP contribution in [0.4, 0.5) is 23.2 Å². The lowest BCUT2D eigenvalue weighted by atomic mass is 10.2. The molecule has 2 heterocycles. The Morgan fingerprint density at radius 1 is 0.897 bits per heavy atom. The Bertz CT molecular complexity index is 957. The van der Waals surface area contributed by atoms with Crippen LogP contribution in [0.5, 0.6) is 0 Å². The van der Waals surface area contributed by atoms with Crippen LogP contribution in [-0.2, 0) is 12.7 Å². The maximum Gasteiger partial charge on any atom is 0.416 e. The van der Waals surface area contributed by atoms with E-state index in [0.29, 0.717) is 12.1 Å². The van der Waals surface area contributed by atoms with E-state index in [1.807, 2.05) is 4.57 Å². The van der Waals surface area contributed by atoms with Crippen molar-refractivity contribution in [2.75, 3.05) is 37.6 Å². The number of imidazole rings is 1. The number of piperazine rings is 1. The van der Waals surface area contributed by atoms with Gasteiger partial charge in [-0.25, -0.2) is 9.37 Å². The molecule has 154 valence electrons. The van der Waals surface area contributed by atoms with Gasteiger partial charge in [0, 0.05) is 38.4 Å². The highest BCUT2D eigenvalue weighted by molar-refractivity contribution is 5.76. The van der Waals surface area contributed by atoms with E-state index in [4.69, 9.17) is 0 Å². The van der Waals surface area contributed by atoms with E-state index >= 15 is 0 Å². The molecule has 0 bridgehead atoms. The van der Waals surface area contributed by atoms with Crippen molar-refractivity contribution >= 4 is 16.7 Å². The molecule has 0 saturated carbocycles. The molecular formula is C21H22F4N4. The molecule has 0 radical (unpaired) electrons. The first-order valence-corrected chi connectivity index (χ1v) is 9.65. The zero-order valence-electron chi connectivity index (χ0n) is 15.9. The number of anilines is 1. The molecule has 1 aliphatic heterocycles. The van der Waals surface area contributed by atoms with E-state index in [1.54, 1.807) is 18.5 Å². The SMILES string of the molecule is Fc1ccc(N2CCN(CCCn3cnc4cc(C(F)(F)F)ccc43)CC2)cc1. The molecule has 1 fully saturated rings. The number of aryl methyl sites for hydroxylation is 1. The van der Waals surface area contributed by atoms with E-state index in [-0.39, 0.29) is 5.82 Å². The molecule has 0 aliphatic carbocycles. The van der Waals surface area contributed by atoms with Gasteiger partial charge in [-0.15, -0.1) is 0 Å². The minimum atomic E-state index is -4.35. The zero-order chi connectivity index (χ0) is 20.4. The highest BCUT2D eigenvalue weighted by Gasteiger charge is 2.30. The number of benzene rings is 2. The second-order valence-electron chi connectivity index (χ2n) is 7.30. The maximum atomic E-state index is 13.1. The smallest absolute Gasteiger partial charge is 0.369 e. The molecule has 4 rings (SSSR count). The van der Waals surface area contributed by atoms with Gasteiger partial charge >= 0.3 is 6.18 Å². The van der Waals surface area contributed by atoms with Crippen LogP contribution in [0.2, 0.25) is 0 Å². The van der Waals surface area contributed by atoms with Crippen LogP contribution in [-0.4, -0.2) is 47.2 Å². The fraction of sp³-hybridized carbons (Fsp3) is 0.381. The monoisotopic (exact) mass is 406 g/mol. The second-order valence-corrected chi connectivity index (χ2v) is 7.30. The van der Waals surface area contributed by atoms with Crippen LogP contribution in [0.25, 0.3) is 11.0 Å². The van der Waals surface area contributed by atoms with Crippen LogP contribution in [0.3, 0.4) is 0 Å². The van der Waals surface area contributed by atoms with Crippen molar-refractivity contribution in [1.82, 2.24) is 14.5 Å². The summed E-state index contributed by atoms with van der Waals surface area (Å²) >= 11 is 0. The van der Waals surface area contributed by atoms with E-state index in [1.165, 1.54) is 18.2 Å². The van der Waals surface area contributed by atoms with Crippen LogP contribution < -0.4 is 4.90 Å². The predicted molar refractivity (Wildman–Crippen MR) is 104 cm³/mol. The van der Waals surface area contributed by atoms with E-state index in [9.17, 15) is 17.6 Å². The van der Waals surface area contributed by atoms with Crippen molar-refractivity contribution < 1.29 is 17.6 Å². The maximum absolute atomic E-state index is 13.1. The van der Waals surface area contributed by atoms with Gasteiger partial charge in [0.2, 0.25) is 0 Å². The van der Waals surface area contributed by atoms with Crippen molar-refractivity contribution in [1.29, 1.82) is 0 Å². The topological polar surface area (TPSA) is 24.3 Å². The van der Waals surface area contributed by atoms with Crippen LogP contribution in [0.15, 0.2) is 48.8 Å². The van der Waals surface area contributed by atoms with Crippen LogP contribution in [0, 0.1) is 5.82 Å². The summed E-state index contributed by atoms with van der Waals surface area (Å²) in [5.41, 5.74) is 1.45. The Balaban J connectivity index is 1.28. The first-order chi connectivity index (χ1) is 13.9. The molecule has 0 N–H and O–H groups in total. The molecule has 3 aromatic rings. The third-order valence-electron chi connectivity index (χ3n) is 5.39. The lowest BCUT2D eigenvalue weighted by Crippen LogP contribution is -2.46. The standard InChI is InChI=1S/C21H22F4N4/c22-17-3-5-18(6-4-17)28-12-10-27(11-13-28)8-1-9-29-15-26-19-14-16(21(23,24)25)2-7-20(19)29/h2-7,14-15H,1,8-13H2. The number of fused-ring (bicyclic) bond motifs is 1. The Morgan fingerprint density at radius 2 is 1.62 bits per heavy atom. The Kier molecular flexibility index (Phi) is 5.45. The number of hydrogen-bond acceptors (Lipinski definition) is 3. The minimum Gasteiger partial charge on any atom is -0.369 e. The van der Waals surface area contributed by atoms with E-state index in [2.05, 4.69) is 14.8 Å². The summed E-state index contributed by atoms with van der Waals surface area (Å²) in [7, 11) is 0. The molecule has 29 heavy (non-hydrogen) atoms. The van der Waals surface area contributed by atoms with Crippen LogP contribution >= 0.6 is 0 Å². The summed E-state index contributed by atoms with van der Waals surface area (Å²) in [6, 6.07) is 10.3. The van der Waals surface area contributed by atoms with Gasteiger partial charge in [0.25, 0.3) is 0 Å². The molecule has 1 saturated heterocycles. The first kappa shape index (κ1) is 19.7. The van der Waals surface area contributed by atoms with Gasteiger partial charge in [-0.3, -0.25) is 4.90 Å². The molecule has 0 amide bonds. The number of aromatic nitrogens is 2. The molecule has 8 heteroatoms. The second kappa shape index (κ2) is 8.02. The number of halogens is 4. The molecule has 1 aromatic heterocycles. The predicted octanol–water partition coefficient (Wildman–Crippen LogP) is 4.41. The molecule has 0 unspecified atom stereocenters. The van der Waals surface area contributed by atoms with E-state index < -0.39 is 11.7 Å². The van der Waals surface area contributed by atoms with Gasteiger partial charge in [0.15, 0.2) is 0 Å². The van der Waals surface area contributed by atoms with Crippen molar-refractivity contribution in [3.05, 3.63) is 60.2 Å². The van der Waals surface area contributed by atoms with Gasteiger partial charge in [-0.2, -0.15) is 13.2 Å². The zero-order valence-corrected chi connectivity index (χ0v) is 15.9. The third-order valence-corrected chi connectivity index (χ3v) is 5.39. The molecule has 0 atom stereocenters. The summed E-state index contributed by atoms with van der Waals surface area (Å²) in [6.45, 7) is 5.26. The molecule has 0 spiro atoms. The summed E-state index contributed by atoms with van der Waals surface area (Å²) < 4.78 is 53.4.